The summed E-state index contributed by atoms with van der Waals surface area (Å²) in [5, 5.41) is 11.7. The van der Waals surface area contributed by atoms with Crippen LogP contribution in [-0.2, 0) is 13.1 Å². The van der Waals surface area contributed by atoms with Crippen LogP contribution in [0.4, 0.5) is 8.78 Å². The maximum Gasteiger partial charge on any atom is 0.274 e. The summed E-state index contributed by atoms with van der Waals surface area (Å²) in [6.45, 7) is 1.86. The molecular formula is C24H27Br2F2I2N4+. The van der Waals surface area contributed by atoms with Crippen LogP contribution < -0.4 is 4.68 Å². The lowest BCUT2D eigenvalue weighted by atomic mass is 10.2. The van der Waals surface area contributed by atoms with Crippen molar-refractivity contribution in [3.05, 3.63) is 55.4 Å². The van der Waals surface area contributed by atoms with Crippen LogP contribution in [0.3, 0.4) is 0 Å². The SMILES string of the molecule is Fc1ccc2[nH][n+](CCCCCBr)c(I)c2c1.Fc1ccc2c(c1)c(I)nn2CCCCCBr. The number of rotatable bonds is 10. The first-order valence-electron chi connectivity index (χ1n) is 11.2. The van der Waals surface area contributed by atoms with Gasteiger partial charge in [0.15, 0.2) is 6.54 Å². The average Bonchev–Trinajstić information content (AvgIpc) is 3.30. The summed E-state index contributed by atoms with van der Waals surface area (Å²) in [6, 6.07) is 9.73. The third-order valence-electron chi connectivity index (χ3n) is 5.38. The van der Waals surface area contributed by atoms with Gasteiger partial charge in [0.1, 0.15) is 20.9 Å². The summed E-state index contributed by atoms with van der Waals surface area (Å²) in [5.74, 6) is -0.380. The first-order chi connectivity index (χ1) is 16.4. The fourth-order valence-electron chi connectivity index (χ4n) is 3.64. The molecule has 2 aromatic heterocycles. The molecule has 0 aliphatic carbocycles. The third-order valence-corrected chi connectivity index (χ3v) is 8.46. The van der Waals surface area contributed by atoms with Gasteiger partial charge in [-0.1, -0.05) is 38.3 Å². The van der Waals surface area contributed by atoms with Crippen molar-refractivity contribution in [1.82, 2.24) is 14.9 Å². The smallest absolute Gasteiger partial charge is 0.264 e. The lowest BCUT2D eigenvalue weighted by Gasteiger charge is -2.02. The van der Waals surface area contributed by atoms with E-state index in [1.165, 1.54) is 37.8 Å². The number of alkyl halides is 2. The molecule has 0 atom stereocenters. The molecule has 2 heterocycles. The Bertz CT molecular complexity index is 1200. The van der Waals surface area contributed by atoms with Gasteiger partial charge in [-0.15, -0.1) is 4.68 Å². The van der Waals surface area contributed by atoms with Crippen molar-refractivity contribution < 1.29 is 13.5 Å². The normalized spacial score (nSPS) is 11.2. The number of nitrogens with one attached hydrogen (secondary N) is 1. The molecule has 10 heteroatoms. The van der Waals surface area contributed by atoms with Crippen LogP contribution in [0.25, 0.3) is 21.8 Å². The van der Waals surface area contributed by atoms with E-state index >= 15 is 0 Å². The van der Waals surface area contributed by atoms with Crippen LogP contribution in [0.15, 0.2) is 36.4 Å². The van der Waals surface area contributed by atoms with E-state index in [9.17, 15) is 8.78 Å². The predicted molar refractivity (Wildman–Crippen MR) is 159 cm³/mol. The number of nitrogens with zero attached hydrogens (tertiary/aromatic N) is 3. The van der Waals surface area contributed by atoms with E-state index in [1.54, 1.807) is 18.2 Å². The highest BCUT2D eigenvalue weighted by Crippen LogP contribution is 2.22. The molecule has 0 amide bonds. The van der Waals surface area contributed by atoms with Crippen molar-refractivity contribution in [2.75, 3.05) is 10.7 Å². The minimum atomic E-state index is -0.200. The molecule has 0 fully saturated rings. The lowest BCUT2D eigenvalue weighted by Crippen LogP contribution is -2.38. The number of fused-ring (bicyclic) bond motifs is 2. The van der Waals surface area contributed by atoms with E-state index < -0.39 is 0 Å². The second-order valence-corrected chi connectivity index (χ2v) is 11.5. The van der Waals surface area contributed by atoms with E-state index in [0.717, 1.165) is 65.8 Å². The van der Waals surface area contributed by atoms with Crippen LogP contribution in [-0.4, -0.2) is 25.5 Å². The molecule has 0 bridgehead atoms. The Hall–Kier alpha value is -0.340. The van der Waals surface area contributed by atoms with Gasteiger partial charge < -0.3 is 0 Å². The van der Waals surface area contributed by atoms with Crippen LogP contribution in [0, 0.1) is 19.0 Å². The molecule has 0 saturated heterocycles. The third kappa shape index (κ3) is 7.83. The van der Waals surface area contributed by atoms with Gasteiger partial charge >= 0.3 is 0 Å². The number of aryl methyl sites for hydroxylation is 2. The van der Waals surface area contributed by atoms with E-state index in [0.29, 0.717) is 0 Å². The Balaban J connectivity index is 0.000000191. The van der Waals surface area contributed by atoms with Gasteiger partial charge in [-0.3, -0.25) is 4.68 Å². The Morgan fingerprint density at radius 2 is 1.50 bits per heavy atom. The van der Waals surface area contributed by atoms with Crippen molar-refractivity contribution in [2.45, 2.75) is 51.6 Å². The average molecular weight is 823 g/mol. The van der Waals surface area contributed by atoms with Crippen LogP contribution in [0.1, 0.15) is 38.5 Å². The predicted octanol–water partition coefficient (Wildman–Crippen LogP) is 8.11. The number of halogens is 6. The molecule has 0 aliphatic rings. The Morgan fingerprint density at radius 3 is 2.21 bits per heavy atom. The van der Waals surface area contributed by atoms with Gasteiger partial charge in [0, 0.05) is 51.6 Å². The van der Waals surface area contributed by atoms with Crippen molar-refractivity contribution in [1.29, 1.82) is 0 Å². The molecule has 184 valence electrons. The standard InChI is InChI=1S/2C12H13BrFIN2/c13-6-2-1-3-7-17-11-5-4-9(14)8-10(11)12(15)16-17;13-6-2-1-3-7-17-12(15)10-8-9(14)4-5-11(10)16-17/h2*4-5,8H,1-3,6-7H2/p+1. The minimum Gasteiger partial charge on any atom is -0.264 e. The maximum atomic E-state index is 13.1. The summed E-state index contributed by atoms with van der Waals surface area (Å²) in [7, 11) is 0. The zero-order valence-corrected chi connectivity index (χ0v) is 26.1. The fraction of sp³-hybridized carbons (Fsp3) is 0.417. The summed E-state index contributed by atoms with van der Waals surface area (Å²) < 4.78 is 32.3. The van der Waals surface area contributed by atoms with Gasteiger partial charge in [0.05, 0.1) is 10.9 Å². The van der Waals surface area contributed by atoms with Crippen molar-refractivity contribution in [2.24, 2.45) is 0 Å². The van der Waals surface area contributed by atoms with Crippen LogP contribution in [0.2, 0.25) is 0 Å². The molecule has 4 rings (SSSR count). The number of hydrogen-bond donors (Lipinski definition) is 1. The quantitative estimate of drug-likeness (QED) is 0.0747. The van der Waals surface area contributed by atoms with Crippen LogP contribution >= 0.6 is 77.0 Å². The topological polar surface area (TPSA) is 37.5 Å². The van der Waals surface area contributed by atoms with Gasteiger partial charge in [-0.25, -0.2) is 8.78 Å². The number of aromatic nitrogens is 4. The van der Waals surface area contributed by atoms with Crippen LogP contribution in [0.5, 0.6) is 0 Å². The molecule has 1 N–H and O–H groups in total. The summed E-state index contributed by atoms with van der Waals surface area (Å²) >= 11 is 11.3. The van der Waals surface area contributed by atoms with Gasteiger partial charge in [0.25, 0.3) is 3.70 Å². The van der Waals surface area contributed by atoms with E-state index in [-0.39, 0.29) is 11.6 Å². The highest BCUT2D eigenvalue weighted by atomic mass is 127. The molecule has 0 spiro atoms. The molecule has 0 aliphatic heterocycles. The van der Waals surface area contributed by atoms with Crippen molar-refractivity contribution in [3.8, 4) is 0 Å². The number of unbranched alkanes of at least 4 members (excludes halogenated alkanes) is 4. The molecule has 0 saturated carbocycles. The molecular weight excluding hydrogens is 796 g/mol. The van der Waals surface area contributed by atoms with Gasteiger partial charge in [0.2, 0.25) is 0 Å². The van der Waals surface area contributed by atoms with Crippen molar-refractivity contribution in [3.63, 3.8) is 0 Å². The molecule has 34 heavy (non-hydrogen) atoms. The monoisotopic (exact) mass is 821 g/mol. The largest absolute Gasteiger partial charge is 0.274 e. The summed E-state index contributed by atoms with van der Waals surface area (Å²) in [5.41, 5.74) is 2.02. The van der Waals surface area contributed by atoms with E-state index in [1.807, 2.05) is 10.7 Å². The summed E-state index contributed by atoms with van der Waals surface area (Å²) in [4.78, 5) is 0. The molecule has 0 radical (unpaired) electrons. The second kappa shape index (κ2) is 14.4. The zero-order chi connectivity index (χ0) is 24.5. The molecule has 4 aromatic rings. The number of hydrogen-bond acceptors (Lipinski definition) is 1. The second-order valence-electron chi connectivity index (χ2n) is 7.92. The van der Waals surface area contributed by atoms with Gasteiger partial charge in [-0.05, 0) is 84.7 Å². The first kappa shape index (κ1) is 28.2. The number of benzene rings is 2. The Labute approximate surface area is 242 Å². The summed E-state index contributed by atoms with van der Waals surface area (Å²) in [6.07, 6.45) is 7.02. The highest BCUT2D eigenvalue weighted by molar-refractivity contribution is 14.1. The maximum absolute atomic E-state index is 13.1. The lowest BCUT2D eigenvalue weighted by molar-refractivity contribution is -0.759. The molecule has 0 unspecified atom stereocenters. The molecule has 4 nitrogen and oxygen atoms in total. The Morgan fingerprint density at radius 1 is 0.853 bits per heavy atom. The number of H-pyrrole nitrogens is 1. The van der Waals surface area contributed by atoms with Crippen molar-refractivity contribution >= 4 is 98.8 Å². The van der Waals surface area contributed by atoms with E-state index in [4.69, 9.17) is 0 Å². The zero-order valence-electron chi connectivity index (χ0n) is 18.6. The van der Waals surface area contributed by atoms with E-state index in [2.05, 4.69) is 91.9 Å². The van der Waals surface area contributed by atoms with Gasteiger partial charge in [-0.2, -0.15) is 10.2 Å². The highest BCUT2D eigenvalue weighted by Gasteiger charge is 2.16. The minimum absolute atomic E-state index is 0.180. The molecule has 2 aromatic carbocycles. The first-order valence-corrected chi connectivity index (χ1v) is 15.6. The number of aromatic amines is 1. The fourth-order valence-corrected chi connectivity index (χ4v) is 5.93. The Kier molecular flexibility index (Phi) is 12.0.